The first-order chi connectivity index (χ1) is 14.2. The number of rotatable bonds is 7. The molecule has 0 saturated heterocycles. The monoisotopic (exact) mass is 405 g/mol. The lowest BCUT2D eigenvalue weighted by Gasteiger charge is -2.07. The van der Waals surface area contributed by atoms with Gasteiger partial charge in [0.25, 0.3) is 0 Å². The van der Waals surface area contributed by atoms with Gasteiger partial charge in [0.1, 0.15) is 23.1 Å². The molecule has 0 N–H and O–H groups in total. The molecule has 0 fully saturated rings. The highest BCUT2D eigenvalue weighted by atomic mass is 32.1. The van der Waals surface area contributed by atoms with Crippen LogP contribution in [0.15, 0.2) is 72.1 Å². The molecule has 1 aromatic heterocycles. The second-order valence-electron chi connectivity index (χ2n) is 6.33. The fraction of sp³-hybridized carbons (Fsp3) is 0.130. The highest BCUT2D eigenvalue weighted by Crippen LogP contribution is 2.26. The van der Waals surface area contributed by atoms with Crippen molar-refractivity contribution in [2.75, 3.05) is 13.7 Å². The van der Waals surface area contributed by atoms with Gasteiger partial charge in [-0.15, -0.1) is 11.3 Å². The topological polar surface area (TPSA) is 57.7 Å². The minimum Gasteiger partial charge on any atom is -0.497 e. The minimum absolute atomic E-state index is 0.118. The Bertz CT molecular complexity index is 1120. The van der Waals surface area contributed by atoms with Gasteiger partial charge in [-0.1, -0.05) is 30.3 Å². The summed E-state index contributed by atoms with van der Waals surface area (Å²) in [5.74, 6) is 0.999. The molecule has 0 aliphatic heterocycles. The number of nitrogens with zero attached hydrogens (tertiary/aromatic N) is 1. The maximum Gasteiger partial charge on any atom is 0.344 e. The van der Waals surface area contributed by atoms with Gasteiger partial charge >= 0.3 is 5.97 Å². The third kappa shape index (κ3) is 4.73. The maximum atomic E-state index is 12.0. The van der Waals surface area contributed by atoms with E-state index in [1.54, 1.807) is 7.11 Å². The van der Waals surface area contributed by atoms with E-state index in [0.29, 0.717) is 11.4 Å². The molecule has 0 aliphatic rings. The van der Waals surface area contributed by atoms with Crippen LogP contribution in [-0.2, 0) is 16.1 Å². The smallest absolute Gasteiger partial charge is 0.344 e. The molecule has 1 heterocycles. The van der Waals surface area contributed by atoms with Crippen LogP contribution in [0.2, 0.25) is 0 Å². The van der Waals surface area contributed by atoms with Gasteiger partial charge in [-0.05, 0) is 47.2 Å². The Labute approximate surface area is 172 Å². The molecule has 0 aliphatic carbocycles. The lowest BCUT2D eigenvalue weighted by atomic mass is 10.1. The third-order valence-corrected chi connectivity index (χ3v) is 5.29. The molecule has 0 amide bonds. The Kier molecular flexibility index (Phi) is 5.72. The van der Waals surface area contributed by atoms with Gasteiger partial charge < -0.3 is 14.2 Å². The van der Waals surface area contributed by atoms with Gasteiger partial charge in [0.2, 0.25) is 0 Å². The van der Waals surface area contributed by atoms with Gasteiger partial charge in [-0.2, -0.15) is 0 Å². The molecular formula is C23H19NO4S. The van der Waals surface area contributed by atoms with Crippen molar-refractivity contribution in [1.29, 1.82) is 0 Å². The minimum atomic E-state index is -0.433. The van der Waals surface area contributed by atoms with E-state index in [1.807, 2.05) is 72.1 Å². The molecule has 0 atom stereocenters. The zero-order chi connectivity index (χ0) is 20.1. The van der Waals surface area contributed by atoms with Crippen LogP contribution in [0.25, 0.3) is 21.3 Å². The predicted octanol–water partition coefficient (Wildman–Crippen LogP) is 5.09. The van der Waals surface area contributed by atoms with Gasteiger partial charge in [0, 0.05) is 10.9 Å². The van der Waals surface area contributed by atoms with Crippen LogP contribution in [0, 0.1) is 0 Å². The van der Waals surface area contributed by atoms with Gasteiger partial charge in [0.15, 0.2) is 6.61 Å². The van der Waals surface area contributed by atoms with E-state index in [2.05, 4.69) is 4.98 Å². The summed E-state index contributed by atoms with van der Waals surface area (Å²) >= 11 is 1.50. The van der Waals surface area contributed by atoms with Crippen LogP contribution in [0.3, 0.4) is 0 Å². The molecule has 0 spiro atoms. The molecule has 3 aromatic carbocycles. The molecule has 5 nitrogen and oxygen atoms in total. The summed E-state index contributed by atoms with van der Waals surface area (Å²) < 4.78 is 16.0. The zero-order valence-electron chi connectivity index (χ0n) is 15.8. The highest BCUT2D eigenvalue weighted by Gasteiger charge is 2.09. The van der Waals surface area contributed by atoms with E-state index < -0.39 is 5.97 Å². The summed E-state index contributed by atoms with van der Waals surface area (Å²) in [4.78, 5) is 16.5. The van der Waals surface area contributed by atoms with E-state index >= 15 is 0 Å². The van der Waals surface area contributed by atoms with Crippen LogP contribution >= 0.6 is 11.3 Å². The van der Waals surface area contributed by atoms with Gasteiger partial charge in [0.05, 0.1) is 12.8 Å². The molecule has 0 bridgehead atoms. The molecule has 29 heavy (non-hydrogen) atoms. The Morgan fingerprint density at radius 1 is 0.966 bits per heavy atom. The second kappa shape index (κ2) is 8.75. The van der Waals surface area contributed by atoms with E-state index in [-0.39, 0.29) is 13.2 Å². The van der Waals surface area contributed by atoms with Crippen LogP contribution < -0.4 is 9.47 Å². The summed E-state index contributed by atoms with van der Waals surface area (Å²) in [5, 5.41) is 4.94. The first-order valence-corrected chi connectivity index (χ1v) is 9.95. The Morgan fingerprint density at radius 2 is 1.72 bits per heavy atom. The number of carbonyl (C=O) groups excluding carboxylic acids is 1. The molecular weight excluding hydrogens is 386 g/mol. The molecule has 6 heteroatoms. The summed E-state index contributed by atoms with van der Waals surface area (Å²) in [5.41, 5.74) is 1.70. The molecule has 0 saturated carbocycles. The van der Waals surface area contributed by atoms with Crippen LogP contribution in [0.4, 0.5) is 0 Å². The van der Waals surface area contributed by atoms with Crippen molar-refractivity contribution in [3.8, 4) is 22.1 Å². The number of methoxy groups -OCH3 is 1. The quantitative estimate of drug-likeness (QED) is 0.401. The standard InChI is InChI=1S/C23H19NO4S/c1-26-20-9-7-17(8-10-20)23-24-19(15-29-23)13-28-22(25)14-27-21-11-6-16-4-2-3-5-18(16)12-21/h2-12,15H,13-14H2,1H3. The number of carbonyl (C=O) groups is 1. The van der Waals surface area contributed by atoms with Crippen molar-refractivity contribution in [3.63, 3.8) is 0 Å². The van der Waals surface area contributed by atoms with E-state index in [1.165, 1.54) is 11.3 Å². The van der Waals surface area contributed by atoms with Crippen LogP contribution in [0.1, 0.15) is 5.69 Å². The average Bonchev–Trinajstić information content (AvgIpc) is 3.25. The van der Waals surface area contributed by atoms with Crippen molar-refractivity contribution in [2.45, 2.75) is 6.61 Å². The number of thiazole rings is 1. The van der Waals surface area contributed by atoms with Crippen molar-refractivity contribution in [3.05, 3.63) is 77.8 Å². The molecule has 0 radical (unpaired) electrons. The van der Waals surface area contributed by atoms with Crippen molar-refractivity contribution in [2.24, 2.45) is 0 Å². The van der Waals surface area contributed by atoms with Crippen molar-refractivity contribution >= 4 is 28.1 Å². The fourth-order valence-corrected chi connectivity index (χ4v) is 3.65. The summed E-state index contributed by atoms with van der Waals surface area (Å²) in [6.45, 7) is -0.0274. The number of fused-ring (bicyclic) bond motifs is 1. The number of benzene rings is 3. The first-order valence-electron chi connectivity index (χ1n) is 9.07. The van der Waals surface area contributed by atoms with E-state index in [9.17, 15) is 4.79 Å². The van der Waals surface area contributed by atoms with Crippen LogP contribution in [0.5, 0.6) is 11.5 Å². The largest absolute Gasteiger partial charge is 0.497 e. The zero-order valence-corrected chi connectivity index (χ0v) is 16.6. The Hall–Kier alpha value is -3.38. The lowest BCUT2D eigenvalue weighted by Crippen LogP contribution is -2.14. The molecule has 4 rings (SSSR count). The summed E-state index contributed by atoms with van der Waals surface area (Å²) in [6, 6.07) is 21.4. The Balaban J connectivity index is 1.29. The van der Waals surface area contributed by atoms with E-state index in [4.69, 9.17) is 14.2 Å². The number of hydrogen-bond acceptors (Lipinski definition) is 6. The SMILES string of the molecule is COc1ccc(-c2nc(COC(=O)COc3ccc4ccccc4c3)cs2)cc1. The van der Waals surface area contributed by atoms with Crippen molar-refractivity contribution < 1.29 is 19.0 Å². The third-order valence-electron chi connectivity index (χ3n) is 4.35. The second-order valence-corrected chi connectivity index (χ2v) is 7.19. The number of hydrogen-bond donors (Lipinski definition) is 0. The Morgan fingerprint density at radius 3 is 2.52 bits per heavy atom. The lowest BCUT2D eigenvalue weighted by molar-refractivity contribution is -0.147. The number of aromatic nitrogens is 1. The van der Waals surface area contributed by atoms with Crippen molar-refractivity contribution in [1.82, 2.24) is 4.98 Å². The molecule has 146 valence electrons. The normalized spacial score (nSPS) is 10.7. The first kappa shape index (κ1) is 19.0. The number of ether oxygens (including phenoxy) is 3. The van der Waals surface area contributed by atoms with Crippen LogP contribution in [-0.4, -0.2) is 24.7 Å². The summed E-state index contributed by atoms with van der Waals surface area (Å²) in [6.07, 6.45) is 0. The van der Waals surface area contributed by atoms with Gasteiger partial charge in [-0.25, -0.2) is 9.78 Å². The maximum absolute atomic E-state index is 12.0. The summed E-state index contributed by atoms with van der Waals surface area (Å²) in [7, 11) is 1.63. The number of esters is 1. The van der Waals surface area contributed by atoms with E-state index in [0.717, 1.165) is 27.1 Å². The average molecular weight is 405 g/mol. The predicted molar refractivity (Wildman–Crippen MR) is 113 cm³/mol. The molecule has 4 aromatic rings. The fourth-order valence-electron chi connectivity index (χ4n) is 2.84. The molecule has 0 unspecified atom stereocenters. The highest BCUT2D eigenvalue weighted by molar-refractivity contribution is 7.13. The van der Waals surface area contributed by atoms with Gasteiger partial charge in [-0.3, -0.25) is 0 Å².